The Hall–Kier alpha value is -3.21. The topological polar surface area (TPSA) is 225 Å². The Kier molecular flexibility index (Phi) is 8.25. The minimum absolute atomic E-state index is 0.121. The van der Waals surface area contributed by atoms with Crippen LogP contribution in [-0.4, -0.2) is 116 Å². The maximum atomic E-state index is 13.7. The van der Waals surface area contributed by atoms with E-state index in [-0.39, 0.29) is 17.1 Å². The molecule has 2 saturated heterocycles. The summed E-state index contributed by atoms with van der Waals surface area (Å²) in [4.78, 5) is 13.7. The highest BCUT2D eigenvalue weighted by Crippen LogP contribution is 2.39. The van der Waals surface area contributed by atoms with E-state index >= 15 is 0 Å². The normalized spacial score (nSPS) is 31.1. The number of carbonyl (C=O) groups excluding carboxylic acids is 1. The molecule has 2 heterocycles. The summed E-state index contributed by atoms with van der Waals surface area (Å²) in [5.41, 5.74) is -0.520. The number of carbonyl (C=O) groups is 1. The van der Waals surface area contributed by atoms with Crippen LogP contribution in [0.4, 0.5) is 0 Å². The summed E-state index contributed by atoms with van der Waals surface area (Å²) < 4.78 is 26.9. The fraction of sp³-hybridized carbons (Fsp3) is 0.458. The lowest BCUT2D eigenvalue weighted by Crippen LogP contribution is -2.54. The van der Waals surface area contributed by atoms with Gasteiger partial charge < -0.3 is 64.5 Å². The smallest absolute Gasteiger partial charge is 0.229 e. The van der Waals surface area contributed by atoms with Crippen molar-refractivity contribution >= 4 is 5.78 Å². The van der Waals surface area contributed by atoms with E-state index in [0.717, 1.165) is 18.2 Å². The Morgan fingerprint density at radius 3 is 2.08 bits per heavy atom. The number of ether oxygens (including phenoxy) is 5. The summed E-state index contributed by atoms with van der Waals surface area (Å²) in [6.07, 6.45) is -12.4. The van der Waals surface area contributed by atoms with E-state index in [0.29, 0.717) is 0 Å². The monoisotopic (exact) mass is 540 g/mol. The van der Waals surface area contributed by atoms with Crippen LogP contribution in [0.3, 0.4) is 0 Å². The van der Waals surface area contributed by atoms with Crippen molar-refractivity contribution in [1.29, 1.82) is 0 Å². The van der Waals surface area contributed by atoms with Gasteiger partial charge >= 0.3 is 0 Å². The largest absolute Gasteiger partial charge is 0.508 e. The van der Waals surface area contributed by atoms with Gasteiger partial charge in [-0.05, 0) is 12.1 Å². The molecule has 208 valence electrons. The highest BCUT2D eigenvalue weighted by molar-refractivity contribution is 6.13. The van der Waals surface area contributed by atoms with Crippen molar-refractivity contribution in [3.63, 3.8) is 0 Å². The first kappa shape index (κ1) is 27.8. The molecule has 2 fully saturated rings. The molecule has 0 spiro atoms. The Morgan fingerprint density at radius 2 is 1.47 bits per heavy atom. The van der Waals surface area contributed by atoms with Crippen LogP contribution in [-0.2, 0) is 9.47 Å². The van der Waals surface area contributed by atoms with Crippen molar-refractivity contribution in [2.45, 2.75) is 49.2 Å². The lowest BCUT2D eigenvalue weighted by Gasteiger charge is -2.35. The molecule has 0 aliphatic carbocycles. The van der Waals surface area contributed by atoms with Crippen LogP contribution in [0.2, 0.25) is 0 Å². The number of phenols is 2. The molecule has 2 aliphatic heterocycles. The number of aliphatic hydroxyl groups excluding tert-OH is 6. The predicted molar refractivity (Wildman–Crippen MR) is 123 cm³/mol. The van der Waals surface area contributed by atoms with Gasteiger partial charge in [-0.1, -0.05) is 0 Å². The molecule has 0 amide bonds. The second kappa shape index (κ2) is 11.3. The van der Waals surface area contributed by atoms with Crippen LogP contribution < -0.4 is 14.2 Å². The van der Waals surface area contributed by atoms with Crippen LogP contribution in [0.15, 0.2) is 30.3 Å². The number of hydrogen-bond acceptors (Lipinski definition) is 14. The zero-order valence-electron chi connectivity index (χ0n) is 19.9. The van der Waals surface area contributed by atoms with Gasteiger partial charge in [-0.2, -0.15) is 0 Å². The molecule has 2 aliphatic rings. The van der Waals surface area contributed by atoms with Crippen LogP contribution >= 0.6 is 0 Å². The van der Waals surface area contributed by atoms with Crippen LogP contribution in [0.25, 0.3) is 0 Å². The van der Waals surface area contributed by atoms with Gasteiger partial charge in [-0.15, -0.1) is 0 Å². The molecule has 2 aromatic carbocycles. The molecule has 8 atom stereocenters. The summed E-state index contributed by atoms with van der Waals surface area (Å²) >= 11 is 0. The van der Waals surface area contributed by atoms with Gasteiger partial charge in [0.25, 0.3) is 0 Å². The van der Waals surface area contributed by atoms with Crippen molar-refractivity contribution in [2.75, 3.05) is 20.3 Å². The van der Waals surface area contributed by atoms with E-state index in [1.54, 1.807) is 0 Å². The summed E-state index contributed by atoms with van der Waals surface area (Å²) in [5, 5.41) is 80.2. The van der Waals surface area contributed by atoms with Crippen molar-refractivity contribution in [3.8, 4) is 28.7 Å². The fourth-order valence-electron chi connectivity index (χ4n) is 4.06. The summed E-state index contributed by atoms with van der Waals surface area (Å²) in [7, 11) is 1.32. The molecule has 0 radical (unpaired) electrons. The van der Waals surface area contributed by atoms with Gasteiger partial charge in [-0.25, -0.2) is 0 Å². The van der Waals surface area contributed by atoms with Gasteiger partial charge in [0, 0.05) is 23.8 Å². The first-order valence-electron chi connectivity index (χ1n) is 11.4. The molecule has 0 saturated carbocycles. The standard InChI is InChI=1S/C24H28O14/c1-34-12-3-9(2-10(26)4-12)18(29)17-14(36-23-21(32)19(30)13(28)8-35-23)5-11(27)6-15(17)37-24-22(33)20(31)16(7-25)38-24/h2-6,13,16,19-28,30-33H,7-8H2,1H3/t13-,16+,19-,20+,21+,22-,23+,24+/m1/s1. The van der Waals surface area contributed by atoms with E-state index < -0.39 is 91.0 Å². The average Bonchev–Trinajstić information content (AvgIpc) is 3.16. The van der Waals surface area contributed by atoms with E-state index in [2.05, 4.69) is 0 Å². The van der Waals surface area contributed by atoms with Crippen molar-refractivity contribution in [1.82, 2.24) is 0 Å². The number of rotatable bonds is 8. The second-order valence-electron chi connectivity index (χ2n) is 8.76. The van der Waals surface area contributed by atoms with Gasteiger partial charge in [0.2, 0.25) is 18.4 Å². The maximum absolute atomic E-state index is 13.7. The van der Waals surface area contributed by atoms with Crippen LogP contribution in [0.5, 0.6) is 28.7 Å². The predicted octanol–water partition coefficient (Wildman–Crippen LogP) is -2.03. The zero-order chi connectivity index (χ0) is 27.7. The van der Waals surface area contributed by atoms with E-state index in [4.69, 9.17) is 23.7 Å². The van der Waals surface area contributed by atoms with Crippen molar-refractivity contribution in [2.24, 2.45) is 0 Å². The van der Waals surface area contributed by atoms with Gasteiger partial charge in [0.1, 0.15) is 70.9 Å². The molecule has 0 aromatic heterocycles. The third kappa shape index (κ3) is 5.48. The van der Waals surface area contributed by atoms with E-state index in [1.807, 2.05) is 0 Å². The lowest BCUT2D eigenvalue weighted by atomic mass is 10.00. The first-order chi connectivity index (χ1) is 18.0. The number of phenolic OH excluding ortho intramolecular Hbond substituents is 2. The minimum atomic E-state index is -1.75. The number of aliphatic hydroxyl groups is 6. The number of ketones is 1. The Morgan fingerprint density at radius 1 is 0.868 bits per heavy atom. The summed E-state index contributed by atoms with van der Waals surface area (Å²) in [6.45, 7) is -1.06. The number of methoxy groups -OCH3 is 1. The number of benzene rings is 2. The molecular formula is C24H28O14. The molecule has 38 heavy (non-hydrogen) atoms. The minimum Gasteiger partial charge on any atom is -0.508 e. The zero-order valence-corrected chi connectivity index (χ0v) is 19.9. The summed E-state index contributed by atoms with van der Waals surface area (Å²) in [6, 6.07) is 5.64. The Labute approximate surface area is 215 Å². The molecule has 2 aromatic rings. The Balaban J connectivity index is 1.78. The third-order valence-corrected chi connectivity index (χ3v) is 6.11. The SMILES string of the molecule is COc1cc(O)cc(C(=O)c2c(O[C@@H]3OC[C@@H](O)[C@@H](O)[C@@H]3O)cc(O)cc2O[C@H]2O[C@@H](CO)[C@H](O)[C@H]2O)c1. The molecule has 14 nitrogen and oxygen atoms in total. The fourth-order valence-corrected chi connectivity index (χ4v) is 4.06. The highest BCUT2D eigenvalue weighted by Gasteiger charge is 2.45. The first-order valence-corrected chi connectivity index (χ1v) is 11.4. The van der Waals surface area contributed by atoms with Crippen molar-refractivity contribution in [3.05, 3.63) is 41.5 Å². The molecular weight excluding hydrogens is 512 g/mol. The van der Waals surface area contributed by atoms with Crippen molar-refractivity contribution < 1.29 is 69.3 Å². The van der Waals surface area contributed by atoms with Gasteiger partial charge in [0.05, 0.1) is 20.3 Å². The summed E-state index contributed by atoms with van der Waals surface area (Å²) in [5.74, 6) is -2.36. The van der Waals surface area contributed by atoms with E-state index in [1.165, 1.54) is 19.2 Å². The molecule has 8 N–H and O–H groups in total. The maximum Gasteiger partial charge on any atom is 0.229 e. The van der Waals surface area contributed by atoms with Gasteiger partial charge in [0.15, 0.2) is 0 Å². The van der Waals surface area contributed by atoms with Crippen LogP contribution in [0, 0.1) is 0 Å². The molecule has 0 bridgehead atoms. The molecule has 0 unspecified atom stereocenters. The molecule has 14 heteroatoms. The molecule has 4 rings (SSSR count). The third-order valence-electron chi connectivity index (χ3n) is 6.11. The highest BCUT2D eigenvalue weighted by atomic mass is 16.7. The van der Waals surface area contributed by atoms with E-state index in [9.17, 15) is 45.6 Å². The average molecular weight is 540 g/mol. The number of hydrogen-bond donors (Lipinski definition) is 8. The lowest BCUT2D eigenvalue weighted by molar-refractivity contribution is -0.242. The Bertz CT molecular complexity index is 1130. The second-order valence-corrected chi connectivity index (χ2v) is 8.76. The van der Waals surface area contributed by atoms with Crippen LogP contribution in [0.1, 0.15) is 15.9 Å². The quantitative estimate of drug-likeness (QED) is 0.169. The number of aromatic hydroxyl groups is 2. The van der Waals surface area contributed by atoms with Gasteiger partial charge in [-0.3, -0.25) is 4.79 Å².